The minimum atomic E-state index is -0.115. The number of phenolic OH excluding ortho intramolecular Hbond substituents is 1. The molecule has 0 saturated carbocycles. The molecule has 0 unspecified atom stereocenters. The van der Waals surface area contributed by atoms with Gasteiger partial charge in [0.2, 0.25) is 0 Å². The lowest BCUT2D eigenvalue weighted by Gasteiger charge is -2.07. The first-order valence-corrected chi connectivity index (χ1v) is 4.65. The van der Waals surface area contributed by atoms with Crippen LogP contribution < -0.4 is 11.3 Å². The van der Waals surface area contributed by atoms with Crippen molar-refractivity contribution < 1.29 is 5.11 Å². The van der Waals surface area contributed by atoms with Gasteiger partial charge in [0.1, 0.15) is 5.75 Å². The van der Waals surface area contributed by atoms with Crippen molar-refractivity contribution >= 4 is 10.9 Å². The van der Waals surface area contributed by atoms with E-state index in [9.17, 15) is 9.90 Å². The van der Waals surface area contributed by atoms with Gasteiger partial charge in [-0.1, -0.05) is 0 Å². The summed E-state index contributed by atoms with van der Waals surface area (Å²) in [6, 6.07) is 6.69. The first kappa shape index (κ1) is 9.73. The topological polar surface area (TPSA) is 68.2 Å². The van der Waals surface area contributed by atoms with Crippen LogP contribution in [0.25, 0.3) is 10.9 Å². The van der Waals surface area contributed by atoms with Crippen molar-refractivity contribution in [3.05, 3.63) is 40.2 Å². The molecule has 0 fully saturated rings. The summed E-state index contributed by atoms with van der Waals surface area (Å²) in [6.45, 7) is 0.226. The largest absolute Gasteiger partial charge is 0.508 e. The summed E-state index contributed by atoms with van der Waals surface area (Å²) in [5.41, 5.74) is 6.65. The van der Waals surface area contributed by atoms with E-state index in [1.165, 1.54) is 4.57 Å². The molecule has 2 rings (SSSR count). The number of nitrogens with zero attached hydrogens (tertiary/aromatic N) is 1. The molecule has 78 valence electrons. The molecule has 0 bridgehead atoms. The number of benzene rings is 1. The fourth-order valence-corrected chi connectivity index (χ4v) is 1.67. The summed E-state index contributed by atoms with van der Waals surface area (Å²) in [6.07, 6.45) is 0. The Labute approximate surface area is 86.6 Å². The van der Waals surface area contributed by atoms with Crippen LogP contribution in [0.4, 0.5) is 0 Å². The van der Waals surface area contributed by atoms with E-state index >= 15 is 0 Å². The molecule has 0 amide bonds. The Bertz CT molecular complexity index is 573. The smallest absolute Gasteiger partial charge is 0.255 e. The summed E-state index contributed by atoms with van der Waals surface area (Å²) in [5.74, 6) is 0.151. The van der Waals surface area contributed by atoms with Crippen LogP contribution in [-0.2, 0) is 13.6 Å². The summed E-state index contributed by atoms with van der Waals surface area (Å²) in [7, 11) is 1.67. The van der Waals surface area contributed by atoms with E-state index in [0.717, 1.165) is 5.39 Å². The molecule has 4 nitrogen and oxygen atoms in total. The van der Waals surface area contributed by atoms with Crippen molar-refractivity contribution in [3.63, 3.8) is 0 Å². The second-order valence-corrected chi connectivity index (χ2v) is 3.48. The van der Waals surface area contributed by atoms with Gasteiger partial charge in [-0.3, -0.25) is 4.79 Å². The third kappa shape index (κ3) is 1.49. The van der Waals surface area contributed by atoms with Crippen LogP contribution in [0.15, 0.2) is 29.1 Å². The van der Waals surface area contributed by atoms with Crippen LogP contribution in [0.3, 0.4) is 0 Å². The molecule has 0 atom stereocenters. The maximum atomic E-state index is 11.7. The molecule has 15 heavy (non-hydrogen) atoms. The number of pyridine rings is 1. The minimum Gasteiger partial charge on any atom is -0.508 e. The number of phenols is 1. The molecule has 0 spiro atoms. The van der Waals surface area contributed by atoms with Crippen molar-refractivity contribution in [1.29, 1.82) is 0 Å². The number of aromatic nitrogens is 1. The van der Waals surface area contributed by atoms with Gasteiger partial charge in [0, 0.05) is 25.2 Å². The van der Waals surface area contributed by atoms with Gasteiger partial charge >= 0.3 is 0 Å². The molecular weight excluding hydrogens is 192 g/mol. The Hall–Kier alpha value is -1.81. The quantitative estimate of drug-likeness (QED) is 0.718. The zero-order chi connectivity index (χ0) is 11.0. The van der Waals surface area contributed by atoms with Crippen LogP contribution in [0.1, 0.15) is 5.56 Å². The molecule has 4 heteroatoms. The average Bonchev–Trinajstić information content (AvgIpc) is 2.24. The van der Waals surface area contributed by atoms with E-state index in [0.29, 0.717) is 11.1 Å². The van der Waals surface area contributed by atoms with Gasteiger partial charge in [-0.15, -0.1) is 0 Å². The summed E-state index contributed by atoms with van der Waals surface area (Å²) >= 11 is 0. The Morgan fingerprint density at radius 3 is 2.80 bits per heavy atom. The monoisotopic (exact) mass is 204 g/mol. The van der Waals surface area contributed by atoms with Gasteiger partial charge in [0.25, 0.3) is 5.56 Å². The zero-order valence-corrected chi connectivity index (χ0v) is 8.40. The van der Waals surface area contributed by atoms with Crippen molar-refractivity contribution in [2.75, 3.05) is 0 Å². The average molecular weight is 204 g/mol. The summed E-state index contributed by atoms with van der Waals surface area (Å²) < 4.78 is 1.50. The molecule has 3 N–H and O–H groups in total. The van der Waals surface area contributed by atoms with Crippen LogP contribution >= 0.6 is 0 Å². The number of hydrogen-bond donors (Lipinski definition) is 2. The Balaban J connectivity index is 2.91. The van der Waals surface area contributed by atoms with E-state index in [4.69, 9.17) is 5.73 Å². The lowest BCUT2D eigenvalue weighted by atomic mass is 10.1. The van der Waals surface area contributed by atoms with E-state index < -0.39 is 0 Å². The first-order chi connectivity index (χ1) is 7.13. The van der Waals surface area contributed by atoms with Gasteiger partial charge in [-0.05, 0) is 23.6 Å². The maximum absolute atomic E-state index is 11.7. The van der Waals surface area contributed by atoms with Crippen molar-refractivity contribution in [1.82, 2.24) is 4.57 Å². The van der Waals surface area contributed by atoms with E-state index in [-0.39, 0.29) is 17.9 Å². The molecule has 1 aromatic carbocycles. The van der Waals surface area contributed by atoms with Gasteiger partial charge in [0.15, 0.2) is 0 Å². The highest BCUT2D eigenvalue weighted by Crippen LogP contribution is 2.18. The van der Waals surface area contributed by atoms with Crippen LogP contribution in [0, 0.1) is 0 Å². The fourth-order valence-electron chi connectivity index (χ4n) is 1.67. The maximum Gasteiger partial charge on any atom is 0.255 e. The molecule has 0 radical (unpaired) electrons. The number of rotatable bonds is 1. The van der Waals surface area contributed by atoms with Crippen LogP contribution in [-0.4, -0.2) is 9.67 Å². The minimum absolute atomic E-state index is 0.115. The van der Waals surface area contributed by atoms with Gasteiger partial charge < -0.3 is 15.4 Å². The second-order valence-electron chi connectivity index (χ2n) is 3.48. The molecule has 1 heterocycles. The normalized spacial score (nSPS) is 10.8. The van der Waals surface area contributed by atoms with Crippen molar-refractivity contribution in [2.45, 2.75) is 6.54 Å². The number of hydrogen-bond acceptors (Lipinski definition) is 3. The third-order valence-electron chi connectivity index (χ3n) is 2.50. The highest BCUT2D eigenvalue weighted by molar-refractivity contribution is 5.81. The first-order valence-electron chi connectivity index (χ1n) is 4.65. The number of fused-ring (bicyclic) bond motifs is 1. The summed E-state index contributed by atoms with van der Waals surface area (Å²) in [4.78, 5) is 11.7. The van der Waals surface area contributed by atoms with Crippen molar-refractivity contribution in [2.24, 2.45) is 12.8 Å². The van der Waals surface area contributed by atoms with Crippen LogP contribution in [0.2, 0.25) is 0 Å². The van der Waals surface area contributed by atoms with E-state index in [1.807, 2.05) is 0 Å². The van der Waals surface area contributed by atoms with Gasteiger partial charge in [-0.2, -0.15) is 0 Å². The zero-order valence-electron chi connectivity index (χ0n) is 8.40. The molecule has 0 aliphatic heterocycles. The van der Waals surface area contributed by atoms with Gasteiger partial charge in [-0.25, -0.2) is 0 Å². The number of nitrogens with two attached hydrogens (primary N) is 1. The fraction of sp³-hybridized carbons (Fsp3) is 0.182. The predicted octanol–water partition coefficient (Wildman–Crippen LogP) is 0.703. The molecule has 1 aromatic heterocycles. The Kier molecular flexibility index (Phi) is 2.21. The Morgan fingerprint density at radius 2 is 2.13 bits per heavy atom. The molecule has 0 saturated heterocycles. The molecular formula is C11H12N2O2. The number of aromatic hydroxyl groups is 1. The standard InChI is InChI=1S/C11H12N2O2/c1-13-10-5-9(14)3-2-7(10)4-8(6-12)11(13)15/h2-5,14H,6,12H2,1H3. The SMILES string of the molecule is Cn1c(=O)c(CN)cc2ccc(O)cc21. The van der Waals surface area contributed by atoms with Gasteiger partial charge in [0.05, 0.1) is 5.52 Å². The lowest BCUT2D eigenvalue weighted by molar-refractivity contribution is 0.476. The second kappa shape index (κ2) is 3.40. The molecule has 0 aliphatic carbocycles. The summed E-state index contributed by atoms with van der Waals surface area (Å²) in [5, 5.41) is 10.2. The predicted molar refractivity (Wildman–Crippen MR) is 58.7 cm³/mol. The van der Waals surface area contributed by atoms with E-state index in [2.05, 4.69) is 0 Å². The van der Waals surface area contributed by atoms with E-state index in [1.54, 1.807) is 31.3 Å². The highest BCUT2D eigenvalue weighted by atomic mass is 16.3. The molecule has 2 aromatic rings. The molecule has 0 aliphatic rings. The lowest BCUT2D eigenvalue weighted by Crippen LogP contribution is -2.23. The van der Waals surface area contributed by atoms with Crippen molar-refractivity contribution in [3.8, 4) is 5.75 Å². The van der Waals surface area contributed by atoms with Crippen LogP contribution in [0.5, 0.6) is 5.75 Å². The third-order valence-corrected chi connectivity index (χ3v) is 2.50. The Morgan fingerprint density at radius 1 is 1.40 bits per heavy atom. The highest BCUT2D eigenvalue weighted by Gasteiger charge is 2.05. The number of aryl methyl sites for hydroxylation is 1.